The first-order chi connectivity index (χ1) is 8.96. The van der Waals surface area contributed by atoms with Gasteiger partial charge in [0.2, 0.25) is 5.89 Å². The molecule has 0 aliphatic heterocycles. The van der Waals surface area contributed by atoms with Crippen LogP contribution in [0.2, 0.25) is 0 Å². The molecule has 1 aliphatic carbocycles. The molecule has 2 unspecified atom stereocenters. The molecule has 108 valence electrons. The van der Waals surface area contributed by atoms with Gasteiger partial charge in [-0.05, 0) is 40.0 Å². The summed E-state index contributed by atoms with van der Waals surface area (Å²) in [5.74, 6) is 0.610. The molecule has 2 N–H and O–H groups in total. The lowest BCUT2D eigenvalue weighted by atomic mass is 10.1. The minimum atomic E-state index is 0.0409. The van der Waals surface area contributed by atoms with Crippen LogP contribution in [0.15, 0.2) is 4.42 Å². The number of ether oxygens (including phenoxy) is 1. The minimum absolute atomic E-state index is 0.0409. The smallest absolute Gasteiger partial charge is 0.315 e. The van der Waals surface area contributed by atoms with E-state index in [1.807, 2.05) is 0 Å². The number of nitrogens with zero attached hydrogens (tertiary/aromatic N) is 2. The van der Waals surface area contributed by atoms with Gasteiger partial charge in [0.25, 0.3) is 0 Å². The summed E-state index contributed by atoms with van der Waals surface area (Å²) in [6.45, 7) is 6.90. The van der Waals surface area contributed by atoms with E-state index in [4.69, 9.17) is 9.15 Å². The fourth-order valence-electron chi connectivity index (χ4n) is 2.18. The van der Waals surface area contributed by atoms with Gasteiger partial charge in [-0.15, -0.1) is 5.10 Å². The lowest BCUT2D eigenvalue weighted by Crippen LogP contribution is -2.35. The maximum atomic E-state index is 5.57. The van der Waals surface area contributed by atoms with Crippen molar-refractivity contribution in [2.75, 3.05) is 12.4 Å². The first-order valence-electron chi connectivity index (χ1n) is 6.83. The summed E-state index contributed by atoms with van der Waals surface area (Å²) in [5.41, 5.74) is 0.0409. The van der Waals surface area contributed by atoms with Crippen molar-refractivity contribution in [1.82, 2.24) is 15.5 Å². The van der Waals surface area contributed by atoms with Gasteiger partial charge in [-0.25, -0.2) is 0 Å². The van der Waals surface area contributed by atoms with Crippen LogP contribution in [0.5, 0.6) is 0 Å². The van der Waals surface area contributed by atoms with E-state index in [0.29, 0.717) is 30.6 Å². The Morgan fingerprint density at radius 3 is 2.74 bits per heavy atom. The van der Waals surface area contributed by atoms with Crippen molar-refractivity contribution >= 4 is 6.01 Å². The van der Waals surface area contributed by atoms with Gasteiger partial charge in [0, 0.05) is 18.7 Å². The summed E-state index contributed by atoms with van der Waals surface area (Å²) in [6, 6.07) is 0.876. The van der Waals surface area contributed by atoms with E-state index in [0.717, 1.165) is 19.3 Å². The minimum Gasteiger partial charge on any atom is -0.407 e. The number of anilines is 1. The molecule has 6 heteroatoms. The van der Waals surface area contributed by atoms with Gasteiger partial charge in [0.1, 0.15) is 0 Å². The Morgan fingerprint density at radius 1 is 1.32 bits per heavy atom. The Hall–Kier alpha value is -1.14. The van der Waals surface area contributed by atoms with Crippen LogP contribution >= 0.6 is 0 Å². The average molecular weight is 268 g/mol. The molecular formula is C13H24N4O2. The van der Waals surface area contributed by atoms with Crippen molar-refractivity contribution in [1.29, 1.82) is 0 Å². The van der Waals surface area contributed by atoms with Crippen molar-refractivity contribution < 1.29 is 9.15 Å². The highest BCUT2D eigenvalue weighted by atomic mass is 16.5. The lowest BCUT2D eigenvalue weighted by Gasteiger charge is -2.18. The van der Waals surface area contributed by atoms with Gasteiger partial charge in [-0.3, -0.25) is 0 Å². The second-order valence-electron chi connectivity index (χ2n) is 6.12. The monoisotopic (exact) mass is 268 g/mol. The molecule has 6 nitrogen and oxygen atoms in total. The Kier molecular flexibility index (Phi) is 4.42. The summed E-state index contributed by atoms with van der Waals surface area (Å²) in [7, 11) is 1.76. The van der Waals surface area contributed by atoms with E-state index in [1.54, 1.807) is 7.11 Å². The molecular weight excluding hydrogens is 244 g/mol. The Bertz CT molecular complexity index is 400. The number of hydrogen-bond donors (Lipinski definition) is 2. The van der Waals surface area contributed by atoms with Crippen LogP contribution in [0.3, 0.4) is 0 Å². The normalized spacial score (nSPS) is 23.8. The summed E-state index contributed by atoms with van der Waals surface area (Å²) in [5, 5.41) is 14.6. The van der Waals surface area contributed by atoms with Crippen LogP contribution in [0.1, 0.15) is 45.9 Å². The zero-order valence-corrected chi connectivity index (χ0v) is 12.2. The molecule has 0 amide bonds. The molecule has 1 saturated carbocycles. The molecule has 0 saturated heterocycles. The van der Waals surface area contributed by atoms with E-state index in [-0.39, 0.29) is 5.54 Å². The van der Waals surface area contributed by atoms with Crippen molar-refractivity contribution in [3.05, 3.63) is 5.89 Å². The highest BCUT2D eigenvalue weighted by Crippen LogP contribution is 2.24. The summed E-state index contributed by atoms with van der Waals surface area (Å²) >= 11 is 0. The molecule has 1 aromatic rings. The summed E-state index contributed by atoms with van der Waals surface area (Å²) < 4.78 is 10.9. The van der Waals surface area contributed by atoms with E-state index < -0.39 is 0 Å². The summed E-state index contributed by atoms with van der Waals surface area (Å²) in [4.78, 5) is 0. The first-order valence-corrected chi connectivity index (χ1v) is 6.83. The molecule has 0 bridgehead atoms. The van der Waals surface area contributed by atoms with Gasteiger partial charge >= 0.3 is 6.01 Å². The number of nitrogens with one attached hydrogen (secondary N) is 2. The van der Waals surface area contributed by atoms with Gasteiger partial charge in [-0.1, -0.05) is 5.10 Å². The van der Waals surface area contributed by atoms with Crippen LogP contribution in [0.25, 0.3) is 0 Å². The second-order valence-corrected chi connectivity index (χ2v) is 6.12. The van der Waals surface area contributed by atoms with E-state index in [9.17, 15) is 0 Å². The highest BCUT2D eigenvalue weighted by Gasteiger charge is 2.25. The number of rotatable bonds is 5. The molecule has 0 spiro atoms. The van der Waals surface area contributed by atoms with Crippen molar-refractivity contribution in [3.63, 3.8) is 0 Å². The number of methoxy groups -OCH3 is 1. The molecule has 1 aliphatic rings. The number of aromatic nitrogens is 2. The SMILES string of the molecule is COC1CCC(Nc2nnc(CNC(C)(C)C)o2)C1. The van der Waals surface area contributed by atoms with Crippen molar-refractivity contribution in [2.45, 2.75) is 64.3 Å². The van der Waals surface area contributed by atoms with Gasteiger partial charge in [-0.2, -0.15) is 0 Å². The Balaban J connectivity index is 1.81. The first kappa shape index (κ1) is 14.3. The third-order valence-electron chi connectivity index (χ3n) is 3.28. The molecule has 0 radical (unpaired) electrons. The van der Waals surface area contributed by atoms with Gasteiger partial charge in [0.05, 0.1) is 12.6 Å². The van der Waals surface area contributed by atoms with Crippen LogP contribution in [-0.4, -0.2) is 35.0 Å². The standard InChI is InChI=1S/C13H24N4O2/c1-13(2,3)14-8-11-16-17-12(19-11)15-9-5-6-10(7-9)18-4/h9-10,14H,5-8H2,1-4H3,(H,15,17). The van der Waals surface area contributed by atoms with Gasteiger partial charge in [0.15, 0.2) is 0 Å². The van der Waals surface area contributed by atoms with Crippen LogP contribution in [0.4, 0.5) is 6.01 Å². The predicted molar refractivity (Wildman–Crippen MR) is 72.9 cm³/mol. The fourth-order valence-corrected chi connectivity index (χ4v) is 2.18. The average Bonchev–Trinajstić information content (AvgIpc) is 2.95. The van der Waals surface area contributed by atoms with Gasteiger partial charge < -0.3 is 19.8 Å². The highest BCUT2D eigenvalue weighted by molar-refractivity contribution is 5.20. The van der Waals surface area contributed by atoms with E-state index in [2.05, 4.69) is 41.6 Å². The molecule has 19 heavy (non-hydrogen) atoms. The third-order valence-corrected chi connectivity index (χ3v) is 3.28. The number of hydrogen-bond acceptors (Lipinski definition) is 6. The second kappa shape index (κ2) is 5.88. The molecule has 2 rings (SSSR count). The zero-order valence-electron chi connectivity index (χ0n) is 12.2. The molecule has 1 aromatic heterocycles. The molecule has 1 fully saturated rings. The zero-order chi connectivity index (χ0) is 13.9. The summed E-state index contributed by atoms with van der Waals surface area (Å²) in [6.07, 6.45) is 3.51. The fraction of sp³-hybridized carbons (Fsp3) is 0.846. The van der Waals surface area contributed by atoms with E-state index >= 15 is 0 Å². The maximum Gasteiger partial charge on any atom is 0.315 e. The van der Waals surface area contributed by atoms with Crippen LogP contribution in [0, 0.1) is 0 Å². The van der Waals surface area contributed by atoms with Crippen LogP contribution in [-0.2, 0) is 11.3 Å². The molecule has 0 aromatic carbocycles. The molecule has 2 atom stereocenters. The van der Waals surface area contributed by atoms with Crippen LogP contribution < -0.4 is 10.6 Å². The predicted octanol–water partition coefficient (Wildman–Crippen LogP) is 1.94. The largest absolute Gasteiger partial charge is 0.407 e. The van der Waals surface area contributed by atoms with E-state index in [1.165, 1.54) is 0 Å². The topological polar surface area (TPSA) is 72.2 Å². The maximum absolute atomic E-state index is 5.57. The lowest BCUT2D eigenvalue weighted by molar-refractivity contribution is 0.108. The quantitative estimate of drug-likeness (QED) is 0.850. The Morgan fingerprint density at radius 2 is 2.11 bits per heavy atom. The Labute approximate surface area is 114 Å². The van der Waals surface area contributed by atoms with Crippen molar-refractivity contribution in [3.8, 4) is 0 Å². The molecule has 1 heterocycles. The third kappa shape index (κ3) is 4.47. The van der Waals surface area contributed by atoms with Crippen molar-refractivity contribution in [2.24, 2.45) is 0 Å².